The van der Waals surface area contributed by atoms with Crippen molar-refractivity contribution in [3.63, 3.8) is 0 Å². The number of nitrogens with zero attached hydrogens (tertiary/aromatic N) is 1. The van der Waals surface area contributed by atoms with Gasteiger partial charge in [0.1, 0.15) is 4.21 Å². The molecule has 3 rings (SSSR count). The van der Waals surface area contributed by atoms with E-state index in [9.17, 15) is 8.42 Å². The van der Waals surface area contributed by atoms with Crippen LogP contribution >= 0.6 is 27.3 Å². The lowest BCUT2D eigenvalue weighted by atomic mass is 10.2. The lowest BCUT2D eigenvalue weighted by molar-refractivity contribution is 0.122. The van der Waals surface area contributed by atoms with Crippen molar-refractivity contribution in [1.82, 2.24) is 0 Å². The first-order valence-electron chi connectivity index (χ1n) is 6.75. The minimum Gasteiger partial charge on any atom is -0.378 e. The van der Waals surface area contributed by atoms with Crippen molar-refractivity contribution in [3.8, 4) is 0 Å². The molecule has 1 aromatic heterocycles. The van der Waals surface area contributed by atoms with Gasteiger partial charge in [0.15, 0.2) is 0 Å². The normalized spacial score (nSPS) is 15.8. The Hall–Kier alpha value is -1.09. The highest BCUT2D eigenvalue weighted by molar-refractivity contribution is 9.11. The van der Waals surface area contributed by atoms with E-state index in [1.807, 2.05) is 12.1 Å². The zero-order chi connectivity index (χ0) is 15.6. The summed E-state index contributed by atoms with van der Waals surface area (Å²) < 4.78 is 33.5. The van der Waals surface area contributed by atoms with Crippen LogP contribution < -0.4 is 9.62 Å². The van der Waals surface area contributed by atoms with Crippen LogP contribution in [0.5, 0.6) is 0 Å². The van der Waals surface area contributed by atoms with Gasteiger partial charge >= 0.3 is 0 Å². The quantitative estimate of drug-likeness (QED) is 0.852. The number of morpholine rings is 1. The van der Waals surface area contributed by atoms with Gasteiger partial charge in [-0.25, -0.2) is 8.42 Å². The highest BCUT2D eigenvalue weighted by atomic mass is 79.9. The Morgan fingerprint density at radius 2 is 1.77 bits per heavy atom. The van der Waals surface area contributed by atoms with E-state index in [4.69, 9.17) is 4.74 Å². The maximum Gasteiger partial charge on any atom is 0.271 e. The molecule has 2 aromatic rings. The molecule has 1 saturated heterocycles. The zero-order valence-corrected chi connectivity index (χ0v) is 14.9. The summed E-state index contributed by atoms with van der Waals surface area (Å²) in [6, 6.07) is 10.7. The zero-order valence-electron chi connectivity index (χ0n) is 11.7. The molecule has 1 fully saturated rings. The standard InChI is InChI=1S/C14H15BrN2O3S2/c15-13-5-6-14(21-13)22(18,19)16-11-1-3-12(4-2-11)17-7-9-20-10-8-17/h1-6,16H,7-10H2. The van der Waals surface area contributed by atoms with Crippen molar-refractivity contribution in [2.75, 3.05) is 35.9 Å². The first kappa shape index (κ1) is 15.8. The molecule has 0 aliphatic carbocycles. The average Bonchev–Trinajstić information content (AvgIpc) is 2.96. The molecule has 0 spiro atoms. The number of anilines is 2. The van der Waals surface area contributed by atoms with E-state index in [1.165, 1.54) is 11.3 Å². The molecule has 5 nitrogen and oxygen atoms in total. The van der Waals surface area contributed by atoms with Crippen LogP contribution in [0.4, 0.5) is 11.4 Å². The molecule has 1 N–H and O–H groups in total. The smallest absolute Gasteiger partial charge is 0.271 e. The molecule has 1 aliphatic rings. The van der Waals surface area contributed by atoms with Crippen molar-refractivity contribution >= 4 is 48.7 Å². The summed E-state index contributed by atoms with van der Waals surface area (Å²) >= 11 is 4.46. The topological polar surface area (TPSA) is 58.6 Å². The molecule has 1 aromatic carbocycles. The molecule has 0 amide bonds. The van der Waals surface area contributed by atoms with E-state index in [1.54, 1.807) is 24.3 Å². The van der Waals surface area contributed by atoms with Gasteiger partial charge in [-0.3, -0.25) is 4.72 Å². The lowest BCUT2D eigenvalue weighted by Gasteiger charge is -2.28. The molecule has 0 saturated carbocycles. The summed E-state index contributed by atoms with van der Waals surface area (Å²) in [5, 5.41) is 0. The largest absolute Gasteiger partial charge is 0.378 e. The first-order valence-corrected chi connectivity index (χ1v) is 9.85. The van der Waals surface area contributed by atoms with Crippen molar-refractivity contribution in [2.24, 2.45) is 0 Å². The molecule has 0 radical (unpaired) electrons. The Morgan fingerprint density at radius 3 is 2.36 bits per heavy atom. The Balaban J connectivity index is 1.73. The second-order valence-electron chi connectivity index (χ2n) is 4.81. The molecule has 0 bridgehead atoms. The number of sulfonamides is 1. The van der Waals surface area contributed by atoms with Crippen LogP contribution in [0.15, 0.2) is 44.4 Å². The number of thiophene rings is 1. The van der Waals surface area contributed by atoms with Gasteiger partial charge in [0.05, 0.1) is 17.0 Å². The summed E-state index contributed by atoms with van der Waals surface area (Å²) in [6.07, 6.45) is 0. The van der Waals surface area contributed by atoms with Crippen molar-refractivity contribution < 1.29 is 13.2 Å². The molecule has 22 heavy (non-hydrogen) atoms. The highest BCUT2D eigenvalue weighted by Crippen LogP contribution is 2.28. The Kier molecular flexibility index (Phi) is 4.72. The van der Waals surface area contributed by atoms with E-state index in [2.05, 4.69) is 25.6 Å². The second kappa shape index (κ2) is 6.57. The summed E-state index contributed by atoms with van der Waals surface area (Å²) in [5.41, 5.74) is 1.63. The van der Waals surface area contributed by atoms with Gasteiger partial charge in [-0.05, 0) is 52.3 Å². The van der Waals surface area contributed by atoms with Crippen molar-refractivity contribution in [2.45, 2.75) is 4.21 Å². The third-order valence-corrected chi connectivity index (χ3v) is 6.81. The third kappa shape index (κ3) is 3.62. The van der Waals surface area contributed by atoms with E-state index in [0.717, 1.165) is 35.8 Å². The van der Waals surface area contributed by atoms with Crippen LogP contribution in [-0.2, 0) is 14.8 Å². The number of hydrogen-bond acceptors (Lipinski definition) is 5. The van der Waals surface area contributed by atoms with Gasteiger partial charge in [0, 0.05) is 24.5 Å². The molecular weight excluding hydrogens is 388 g/mol. The van der Waals surface area contributed by atoms with Gasteiger partial charge in [-0.15, -0.1) is 11.3 Å². The highest BCUT2D eigenvalue weighted by Gasteiger charge is 2.17. The van der Waals surface area contributed by atoms with E-state index in [0.29, 0.717) is 5.69 Å². The van der Waals surface area contributed by atoms with Gasteiger partial charge in [-0.1, -0.05) is 0 Å². The number of nitrogens with one attached hydrogen (secondary N) is 1. The predicted molar refractivity (Wildman–Crippen MR) is 92.3 cm³/mol. The number of hydrogen-bond donors (Lipinski definition) is 1. The summed E-state index contributed by atoms with van der Waals surface area (Å²) in [4.78, 5) is 2.22. The maximum absolute atomic E-state index is 12.3. The van der Waals surface area contributed by atoms with Crippen LogP contribution in [0.1, 0.15) is 0 Å². The molecular formula is C14H15BrN2O3S2. The van der Waals surface area contributed by atoms with Crippen LogP contribution in [-0.4, -0.2) is 34.7 Å². The summed E-state index contributed by atoms with van der Waals surface area (Å²) in [5.74, 6) is 0. The fourth-order valence-electron chi connectivity index (χ4n) is 2.21. The average molecular weight is 403 g/mol. The van der Waals surface area contributed by atoms with Gasteiger partial charge < -0.3 is 9.64 Å². The predicted octanol–water partition coefficient (Wildman–Crippen LogP) is 3.15. The van der Waals surface area contributed by atoms with E-state index >= 15 is 0 Å². The summed E-state index contributed by atoms with van der Waals surface area (Å²) in [7, 11) is -3.53. The fourth-order valence-corrected chi connectivity index (χ4v) is 5.28. The number of ether oxygens (including phenoxy) is 1. The fraction of sp³-hybridized carbons (Fsp3) is 0.286. The minimum absolute atomic E-state index is 0.289. The maximum atomic E-state index is 12.3. The van der Waals surface area contributed by atoms with Crippen molar-refractivity contribution in [1.29, 1.82) is 0 Å². The Bertz CT molecular complexity index is 738. The van der Waals surface area contributed by atoms with Crippen LogP contribution in [0.25, 0.3) is 0 Å². The monoisotopic (exact) mass is 402 g/mol. The molecule has 1 aliphatic heterocycles. The lowest BCUT2D eigenvalue weighted by Crippen LogP contribution is -2.36. The second-order valence-corrected chi connectivity index (χ2v) is 9.18. The minimum atomic E-state index is -3.53. The van der Waals surface area contributed by atoms with E-state index in [-0.39, 0.29) is 4.21 Å². The number of halogens is 1. The van der Waals surface area contributed by atoms with Gasteiger partial charge in [0.25, 0.3) is 10.0 Å². The van der Waals surface area contributed by atoms with Crippen molar-refractivity contribution in [3.05, 3.63) is 40.2 Å². The van der Waals surface area contributed by atoms with E-state index < -0.39 is 10.0 Å². The molecule has 118 valence electrons. The van der Waals surface area contributed by atoms with Gasteiger partial charge in [-0.2, -0.15) is 0 Å². The Morgan fingerprint density at radius 1 is 1.09 bits per heavy atom. The first-order chi connectivity index (χ1) is 10.5. The molecule has 8 heteroatoms. The molecule has 2 heterocycles. The number of benzene rings is 1. The molecule has 0 unspecified atom stereocenters. The summed E-state index contributed by atoms with van der Waals surface area (Å²) in [6.45, 7) is 3.16. The Labute approximate surface area is 142 Å². The van der Waals surface area contributed by atoms with Gasteiger partial charge in [0.2, 0.25) is 0 Å². The van der Waals surface area contributed by atoms with Crippen LogP contribution in [0.2, 0.25) is 0 Å². The van der Waals surface area contributed by atoms with Crippen LogP contribution in [0, 0.1) is 0 Å². The molecule has 0 atom stereocenters. The third-order valence-electron chi connectivity index (χ3n) is 3.31. The van der Waals surface area contributed by atoms with Crippen LogP contribution in [0.3, 0.4) is 0 Å². The number of rotatable bonds is 4. The SMILES string of the molecule is O=S(=O)(Nc1ccc(N2CCOCC2)cc1)c1ccc(Br)s1.